The molecule has 1 heterocycles. The summed E-state index contributed by atoms with van der Waals surface area (Å²) < 4.78 is 2.20. The molecule has 102 valence electrons. The normalized spacial score (nSPS) is 30.3. The molecule has 4 atom stereocenters. The third-order valence-electron chi connectivity index (χ3n) is 4.58. The predicted octanol–water partition coefficient (Wildman–Crippen LogP) is 3.55. The Morgan fingerprint density at radius 3 is 2.83 bits per heavy atom. The van der Waals surface area contributed by atoms with Crippen LogP contribution in [0.15, 0.2) is 12.4 Å². The molecule has 0 saturated heterocycles. The van der Waals surface area contributed by atoms with Crippen molar-refractivity contribution in [1.82, 2.24) is 15.1 Å². The maximum atomic E-state index is 4.58. The Morgan fingerprint density at radius 1 is 1.39 bits per heavy atom. The molecule has 4 unspecified atom stereocenters. The molecule has 18 heavy (non-hydrogen) atoms. The van der Waals surface area contributed by atoms with E-state index in [2.05, 4.69) is 49.0 Å². The molecule has 1 aromatic rings. The summed E-state index contributed by atoms with van der Waals surface area (Å²) in [5, 5.41) is 8.02. The zero-order chi connectivity index (χ0) is 13.1. The summed E-state index contributed by atoms with van der Waals surface area (Å²) in [5.41, 5.74) is 1.31. The Kier molecular flexibility index (Phi) is 4.44. The number of rotatable bonds is 4. The van der Waals surface area contributed by atoms with Gasteiger partial charge in [0, 0.05) is 17.8 Å². The minimum absolute atomic E-state index is 0.406. The molecule has 1 fully saturated rings. The standard InChI is InChI=1S/C15H27N3/c1-5-16-13(4)14-9-17-18(10-14)15-7-6-11(2)12(3)8-15/h9-13,15-16H,5-8H2,1-4H3. The van der Waals surface area contributed by atoms with E-state index < -0.39 is 0 Å². The van der Waals surface area contributed by atoms with Gasteiger partial charge in [0.1, 0.15) is 0 Å². The number of nitrogens with one attached hydrogen (secondary N) is 1. The maximum Gasteiger partial charge on any atom is 0.0537 e. The van der Waals surface area contributed by atoms with E-state index >= 15 is 0 Å². The van der Waals surface area contributed by atoms with Crippen molar-refractivity contribution in [2.24, 2.45) is 11.8 Å². The summed E-state index contributed by atoms with van der Waals surface area (Å²) in [6.07, 6.45) is 8.15. The van der Waals surface area contributed by atoms with Gasteiger partial charge in [-0.15, -0.1) is 0 Å². The second kappa shape index (κ2) is 5.87. The lowest BCUT2D eigenvalue weighted by atomic mass is 9.79. The van der Waals surface area contributed by atoms with E-state index in [0.29, 0.717) is 12.1 Å². The number of hydrogen-bond acceptors (Lipinski definition) is 2. The lowest BCUT2D eigenvalue weighted by Crippen LogP contribution is -2.23. The summed E-state index contributed by atoms with van der Waals surface area (Å²) in [4.78, 5) is 0. The first-order valence-corrected chi connectivity index (χ1v) is 7.39. The van der Waals surface area contributed by atoms with E-state index in [1.807, 2.05) is 6.20 Å². The van der Waals surface area contributed by atoms with Crippen molar-refractivity contribution in [3.63, 3.8) is 0 Å². The van der Waals surface area contributed by atoms with Crippen LogP contribution in [0.3, 0.4) is 0 Å². The molecular formula is C15H27N3. The summed E-state index contributed by atoms with van der Waals surface area (Å²) in [7, 11) is 0. The smallest absolute Gasteiger partial charge is 0.0537 e. The molecule has 1 aliphatic carbocycles. The van der Waals surface area contributed by atoms with Gasteiger partial charge in [0.05, 0.1) is 12.2 Å². The van der Waals surface area contributed by atoms with Gasteiger partial charge in [0.15, 0.2) is 0 Å². The van der Waals surface area contributed by atoms with Crippen molar-refractivity contribution in [3.05, 3.63) is 18.0 Å². The predicted molar refractivity (Wildman–Crippen MR) is 75.5 cm³/mol. The van der Waals surface area contributed by atoms with Gasteiger partial charge in [-0.05, 0) is 44.6 Å². The molecule has 1 aliphatic rings. The summed E-state index contributed by atoms with van der Waals surface area (Å²) >= 11 is 0. The van der Waals surface area contributed by atoms with Crippen molar-refractivity contribution in [3.8, 4) is 0 Å². The zero-order valence-electron chi connectivity index (χ0n) is 12.2. The van der Waals surface area contributed by atoms with Crippen molar-refractivity contribution < 1.29 is 0 Å². The molecule has 3 heteroatoms. The van der Waals surface area contributed by atoms with Gasteiger partial charge in [-0.2, -0.15) is 5.10 Å². The Hall–Kier alpha value is -0.830. The molecular weight excluding hydrogens is 222 g/mol. The fourth-order valence-electron chi connectivity index (χ4n) is 2.96. The second-order valence-corrected chi connectivity index (χ2v) is 5.95. The fourth-order valence-corrected chi connectivity index (χ4v) is 2.96. The quantitative estimate of drug-likeness (QED) is 0.884. The molecule has 3 nitrogen and oxygen atoms in total. The van der Waals surface area contributed by atoms with Gasteiger partial charge in [-0.1, -0.05) is 20.8 Å². The molecule has 2 rings (SSSR count). The lowest BCUT2D eigenvalue weighted by molar-refractivity contribution is 0.201. The van der Waals surface area contributed by atoms with E-state index in [4.69, 9.17) is 0 Å². The van der Waals surface area contributed by atoms with Crippen molar-refractivity contribution in [2.75, 3.05) is 6.54 Å². The molecule has 1 aromatic heterocycles. The van der Waals surface area contributed by atoms with Crippen molar-refractivity contribution >= 4 is 0 Å². The number of nitrogens with zero attached hydrogens (tertiary/aromatic N) is 2. The van der Waals surface area contributed by atoms with Crippen LogP contribution in [0.25, 0.3) is 0 Å². The first-order chi connectivity index (χ1) is 8.61. The van der Waals surface area contributed by atoms with E-state index in [9.17, 15) is 0 Å². The van der Waals surface area contributed by atoms with Crippen LogP contribution < -0.4 is 5.32 Å². The van der Waals surface area contributed by atoms with Gasteiger partial charge in [0.25, 0.3) is 0 Å². The van der Waals surface area contributed by atoms with E-state index in [-0.39, 0.29) is 0 Å². The van der Waals surface area contributed by atoms with E-state index in [0.717, 1.165) is 18.4 Å². The van der Waals surface area contributed by atoms with Gasteiger partial charge in [0.2, 0.25) is 0 Å². The Morgan fingerprint density at radius 2 is 2.17 bits per heavy atom. The highest BCUT2D eigenvalue weighted by Gasteiger charge is 2.26. The summed E-state index contributed by atoms with van der Waals surface area (Å²) in [6.45, 7) is 10.1. The molecule has 0 aromatic carbocycles. The largest absolute Gasteiger partial charge is 0.310 e. The van der Waals surface area contributed by atoms with E-state index in [1.165, 1.54) is 24.8 Å². The van der Waals surface area contributed by atoms with Gasteiger partial charge >= 0.3 is 0 Å². The highest BCUT2D eigenvalue weighted by atomic mass is 15.3. The number of aromatic nitrogens is 2. The zero-order valence-corrected chi connectivity index (χ0v) is 12.2. The minimum atomic E-state index is 0.406. The van der Waals surface area contributed by atoms with Crippen molar-refractivity contribution in [1.29, 1.82) is 0 Å². The highest BCUT2D eigenvalue weighted by molar-refractivity contribution is 5.09. The number of hydrogen-bond donors (Lipinski definition) is 1. The molecule has 0 radical (unpaired) electrons. The van der Waals surface area contributed by atoms with Crippen LogP contribution >= 0.6 is 0 Å². The first kappa shape index (κ1) is 13.6. The van der Waals surface area contributed by atoms with E-state index in [1.54, 1.807) is 0 Å². The average Bonchev–Trinajstić information content (AvgIpc) is 2.82. The molecule has 0 aliphatic heterocycles. The summed E-state index contributed by atoms with van der Waals surface area (Å²) in [5.74, 6) is 1.69. The SMILES string of the molecule is CCNC(C)c1cnn(C2CCC(C)C(C)C2)c1. The molecule has 0 spiro atoms. The van der Waals surface area contributed by atoms with Gasteiger partial charge in [-0.3, -0.25) is 4.68 Å². The van der Waals surface area contributed by atoms with Crippen LogP contribution in [0.1, 0.15) is 64.6 Å². The topological polar surface area (TPSA) is 29.9 Å². The molecule has 1 N–H and O–H groups in total. The second-order valence-electron chi connectivity index (χ2n) is 5.95. The average molecular weight is 249 g/mol. The Labute approximate surface area is 111 Å². The monoisotopic (exact) mass is 249 g/mol. The van der Waals surface area contributed by atoms with Crippen LogP contribution in [-0.2, 0) is 0 Å². The molecule has 0 bridgehead atoms. The van der Waals surface area contributed by atoms with Crippen LogP contribution in [0, 0.1) is 11.8 Å². The Bertz CT molecular complexity index is 372. The minimum Gasteiger partial charge on any atom is -0.310 e. The molecule has 0 amide bonds. The van der Waals surface area contributed by atoms with Crippen LogP contribution in [0.4, 0.5) is 0 Å². The van der Waals surface area contributed by atoms with Crippen LogP contribution in [-0.4, -0.2) is 16.3 Å². The highest BCUT2D eigenvalue weighted by Crippen LogP contribution is 2.36. The third kappa shape index (κ3) is 2.94. The Balaban J connectivity index is 2.01. The molecule has 1 saturated carbocycles. The first-order valence-electron chi connectivity index (χ1n) is 7.39. The maximum absolute atomic E-state index is 4.58. The third-order valence-corrected chi connectivity index (χ3v) is 4.58. The lowest BCUT2D eigenvalue weighted by Gasteiger charge is -2.32. The van der Waals surface area contributed by atoms with Crippen LogP contribution in [0.5, 0.6) is 0 Å². The van der Waals surface area contributed by atoms with Crippen molar-refractivity contribution in [2.45, 2.75) is 59.0 Å². The van der Waals surface area contributed by atoms with Gasteiger partial charge < -0.3 is 5.32 Å². The fraction of sp³-hybridized carbons (Fsp3) is 0.800. The summed E-state index contributed by atoms with van der Waals surface area (Å²) in [6, 6.07) is 1.02. The van der Waals surface area contributed by atoms with Crippen LogP contribution in [0.2, 0.25) is 0 Å². The van der Waals surface area contributed by atoms with Gasteiger partial charge in [-0.25, -0.2) is 0 Å².